The number of rotatable bonds is 5. The maximum Gasteiger partial charge on any atom is 0.308 e. The van der Waals surface area contributed by atoms with Crippen LogP contribution in [-0.2, 0) is 9.53 Å². The molecule has 36 heavy (non-hydrogen) atoms. The lowest BCUT2D eigenvalue weighted by atomic mass is 10.00. The number of methoxy groups -OCH3 is 1. The standard InChI is InChI=1S/C24H24O12/c1-9-16(28)18(30)19(31)24(33-9)36-23-17(29)15-13(27)8-14(32-3)21(34-10(2)25)22(15)35-20(23)11-4-6-12(26)7-5-11/h4-9,16,18-19,24,26-28,30-31H,1-3H3/t9-,16-,18+,19+,24-/m0/s1. The molecule has 4 rings (SSSR count). The van der Waals surface area contributed by atoms with Crippen LogP contribution in [-0.4, -0.2) is 69.3 Å². The van der Waals surface area contributed by atoms with Gasteiger partial charge in [0.2, 0.25) is 23.2 Å². The Labute approximate surface area is 203 Å². The highest BCUT2D eigenvalue weighted by molar-refractivity contribution is 5.94. The van der Waals surface area contributed by atoms with E-state index in [0.29, 0.717) is 0 Å². The molecule has 0 saturated carbocycles. The third-order valence-electron chi connectivity index (χ3n) is 5.66. The predicted octanol–water partition coefficient (Wildman–Crippen LogP) is 1.01. The molecule has 1 saturated heterocycles. The average molecular weight is 504 g/mol. The topological polar surface area (TPSA) is 185 Å². The molecule has 0 amide bonds. The normalized spacial score (nSPS) is 23.9. The van der Waals surface area contributed by atoms with E-state index >= 15 is 0 Å². The fraction of sp³-hybridized carbons (Fsp3) is 0.333. The van der Waals surface area contributed by atoms with E-state index in [0.717, 1.165) is 13.0 Å². The molecule has 5 atom stereocenters. The van der Waals surface area contributed by atoms with E-state index in [4.69, 9.17) is 23.4 Å². The summed E-state index contributed by atoms with van der Waals surface area (Å²) < 4.78 is 27.4. The Hall–Kier alpha value is -3.84. The Morgan fingerprint density at radius 1 is 1.00 bits per heavy atom. The van der Waals surface area contributed by atoms with Crippen molar-refractivity contribution in [1.82, 2.24) is 0 Å². The number of carbonyl (C=O) groups is 1. The molecular formula is C24H24O12. The summed E-state index contributed by atoms with van der Waals surface area (Å²) in [5, 5.41) is 50.4. The summed E-state index contributed by atoms with van der Waals surface area (Å²) in [6, 6.07) is 6.48. The zero-order valence-corrected chi connectivity index (χ0v) is 19.4. The highest BCUT2D eigenvalue weighted by atomic mass is 16.7. The molecule has 1 aliphatic heterocycles. The molecule has 3 aromatic rings. The molecule has 0 bridgehead atoms. The van der Waals surface area contributed by atoms with Crippen molar-refractivity contribution in [3.63, 3.8) is 0 Å². The number of esters is 1. The number of fused-ring (bicyclic) bond motifs is 1. The van der Waals surface area contributed by atoms with Crippen LogP contribution in [0.3, 0.4) is 0 Å². The number of phenolic OH excluding ortho intramolecular Hbond substituents is 2. The summed E-state index contributed by atoms with van der Waals surface area (Å²) in [6.45, 7) is 2.56. The predicted molar refractivity (Wildman–Crippen MR) is 122 cm³/mol. The third-order valence-corrected chi connectivity index (χ3v) is 5.66. The Bertz CT molecular complexity index is 1350. The first kappa shape index (κ1) is 25.3. The minimum absolute atomic E-state index is 0.0822. The van der Waals surface area contributed by atoms with E-state index in [9.17, 15) is 35.1 Å². The van der Waals surface area contributed by atoms with Crippen molar-refractivity contribution < 1.29 is 53.7 Å². The van der Waals surface area contributed by atoms with Crippen LogP contribution in [0.5, 0.6) is 28.7 Å². The monoisotopic (exact) mass is 504 g/mol. The van der Waals surface area contributed by atoms with Crippen LogP contribution < -0.4 is 19.6 Å². The van der Waals surface area contributed by atoms with Crippen LogP contribution >= 0.6 is 0 Å². The SMILES string of the molecule is COc1cc(O)c2c(=O)c(O[C@@H]3O[C@@H](C)[C@H](O)[C@@H](O)[C@H]3O)c(-c3ccc(O)cc3)oc2c1OC(C)=O. The summed E-state index contributed by atoms with van der Waals surface area (Å²) in [5.41, 5.74) is -1.05. The van der Waals surface area contributed by atoms with Crippen molar-refractivity contribution in [3.8, 4) is 40.1 Å². The van der Waals surface area contributed by atoms with Crippen molar-refractivity contribution in [2.45, 2.75) is 44.6 Å². The lowest BCUT2D eigenvalue weighted by molar-refractivity contribution is -0.268. The summed E-state index contributed by atoms with van der Waals surface area (Å²) in [4.78, 5) is 25.4. The van der Waals surface area contributed by atoms with Gasteiger partial charge < -0.3 is 48.9 Å². The number of phenols is 2. The molecule has 12 heteroatoms. The van der Waals surface area contributed by atoms with E-state index in [1.807, 2.05) is 0 Å². The lowest BCUT2D eigenvalue weighted by Gasteiger charge is -2.38. The molecule has 192 valence electrons. The van der Waals surface area contributed by atoms with Crippen LogP contribution in [0.25, 0.3) is 22.3 Å². The Morgan fingerprint density at radius 2 is 1.67 bits per heavy atom. The van der Waals surface area contributed by atoms with Gasteiger partial charge >= 0.3 is 5.97 Å². The largest absolute Gasteiger partial charge is 0.508 e. The zero-order chi connectivity index (χ0) is 26.3. The number of carbonyl (C=O) groups excluding carboxylic acids is 1. The van der Waals surface area contributed by atoms with Crippen molar-refractivity contribution in [3.05, 3.63) is 40.6 Å². The van der Waals surface area contributed by atoms with Crippen molar-refractivity contribution in [2.75, 3.05) is 7.11 Å². The van der Waals surface area contributed by atoms with E-state index in [1.54, 1.807) is 0 Å². The molecular weight excluding hydrogens is 480 g/mol. The van der Waals surface area contributed by atoms with Crippen LogP contribution in [0.15, 0.2) is 39.5 Å². The van der Waals surface area contributed by atoms with E-state index in [-0.39, 0.29) is 34.2 Å². The summed E-state index contributed by atoms with van der Waals surface area (Å²) in [6.07, 6.45) is -7.38. The van der Waals surface area contributed by atoms with Gasteiger partial charge in [0.05, 0.1) is 13.2 Å². The Kier molecular flexibility index (Phi) is 6.78. The maximum atomic E-state index is 13.6. The van der Waals surface area contributed by atoms with E-state index in [1.165, 1.54) is 38.3 Å². The number of aliphatic hydroxyl groups excluding tert-OH is 3. The van der Waals surface area contributed by atoms with E-state index < -0.39 is 59.0 Å². The van der Waals surface area contributed by atoms with Crippen LogP contribution in [0.4, 0.5) is 0 Å². The van der Waals surface area contributed by atoms with Crippen LogP contribution in [0.2, 0.25) is 0 Å². The highest BCUT2D eigenvalue weighted by Gasteiger charge is 2.44. The molecule has 1 fully saturated rings. The number of hydrogen-bond donors (Lipinski definition) is 5. The van der Waals surface area contributed by atoms with Crippen LogP contribution in [0.1, 0.15) is 13.8 Å². The van der Waals surface area contributed by atoms with E-state index in [2.05, 4.69) is 0 Å². The number of benzene rings is 2. The fourth-order valence-electron chi connectivity index (χ4n) is 3.81. The minimum Gasteiger partial charge on any atom is -0.508 e. The molecule has 0 aliphatic carbocycles. The molecule has 0 unspecified atom stereocenters. The number of hydrogen-bond acceptors (Lipinski definition) is 12. The summed E-state index contributed by atoms with van der Waals surface area (Å²) in [5.74, 6) is -2.55. The molecule has 2 aromatic carbocycles. The first-order valence-corrected chi connectivity index (χ1v) is 10.8. The quantitative estimate of drug-likeness (QED) is 0.246. The summed E-state index contributed by atoms with van der Waals surface area (Å²) >= 11 is 0. The van der Waals surface area contributed by atoms with Gasteiger partial charge in [-0.25, -0.2) is 0 Å². The van der Waals surface area contributed by atoms with Crippen molar-refractivity contribution >= 4 is 16.9 Å². The molecule has 0 spiro atoms. The van der Waals surface area contributed by atoms with Gasteiger partial charge in [0, 0.05) is 18.6 Å². The van der Waals surface area contributed by atoms with Gasteiger partial charge in [-0.15, -0.1) is 0 Å². The molecule has 1 aliphatic rings. The highest BCUT2D eigenvalue weighted by Crippen LogP contribution is 2.44. The first-order valence-electron chi connectivity index (χ1n) is 10.8. The van der Waals surface area contributed by atoms with Gasteiger partial charge in [0.1, 0.15) is 35.2 Å². The second-order valence-corrected chi connectivity index (χ2v) is 8.16. The average Bonchev–Trinajstić information content (AvgIpc) is 2.84. The fourth-order valence-corrected chi connectivity index (χ4v) is 3.81. The Balaban J connectivity index is 1.99. The molecule has 12 nitrogen and oxygen atoms in total. The number of aliphatic hydroxyl groups is 3. The zero-order valence-electron chi connectivity index (χ0n) is 19.4. The van der Waals surface area contributed by atoms with Gasteiger partial charge in [-0.1, -0.05) is 0 Å². The molecule has 0 radical (unpaired) electrons. The summed E-state index contributed by atoms with van der Waals surface area (Å²) in [7, 11) is 1.26. The first-order chi connectivity index (χ1) is 17.0. The molecule has 5 N–H and O–H groups in total. The second-order valence-electron chi connectivity index (χ2n) is 8.16. The minimum atomic E-state index is -1.75. The smallest absolute Gasteiger partial charge is 0.308 e. The number of ether oxygens (including phenoxy) is 4. The van der Waals surface area contributed by atoms with Crippen molar-refractivity contribution in [2.24, 2.45) is 0 Å². The van der Waals surface area contributed by atoms with Gasteiger partial charge in [0.25, 0.3) is 0 Å². The van der Waals surface area contributed by atoms with Gasteiger partial charge in [-0.2, -0.15) is 0 Å². The van der Waals surface area contributed by atoms with Crippen molar-refractivity contribution in [1.29, 1.82) is 0 Å². The Morgan fingerprint density at radius 3 is 2.28 bits per heavy atom. The van der Waals surface area contributed by atoms with Crippen LogP contribution in [0, 0.1) is 0 Å². The molecule has 2 heterocycles. The van der Waals surface area contributed by atoms with Gasteiger partial charge in [-0.3, -0.25) is 9.59 Å². The number of aromatic hydroxyl groups is 2. The lowest BCUT2D eigenvalue weighted by Crippen LogP contribution is -2.58. The van der Waals surface area contributed by atoms with Gasteiger partial charge in [-0.05, 0) is 31.2 Å². The third kappa shape index (κ3) is 4.42. The molecule has 1 aromatic heterocycles. The second kappa shape index (κ2) is 9.66. The van der Waals surface area contributed by atoms with Gasteiger partial charge in [0.15, 0.2) is 17.1 Å². The maximum absolute atomic E-state index is 13.6.